The van der Waals surface area contributed by atoms with Gasteiger partial charge in [-0.3, -0.25) is 14.4 Å². The summed E-state index contributed by atoms with van der Waals surface area (Å²) in [7, 11) is 0. The topological polar surface area (TPSA) is 78.5 Å². The molecule has 1 fully saturated rings. The van der Waals surface area contributed by atoms with Gasteiger partial charge < -0.3 is 15.5 Å². The third kappa shape index (κ3) is 4.45. The number of carbonyl (C=O) groups is 3. The Morgan fingerprint density at radius 2 is 2.09 bits per heavy atom. The zero-order valence-electron chi connectivity index (χ0n) is 13.0. The van der Waals surface area contributed by atoms with E-state index in [2.05, 4.69) is 10.6 Å². The fourth-order valence-electron chi connectivity index (χ4n) is 2.41. The quantitative estimate of drug-likeness (QED) is 0.829. The maximum absolute atomic E-state index is 12.3. The molecular weight excluding hydrogens is 318 g/mol. The van der Waals surface area contributed by atoms with E-state index in [0.717, 1.165) is 12.8 Å². The average Bonchev–Trinajstić information content (AvgIpc) is 2.96. The van der Waals surface area contributed by atoms with Crippen LogP contribution in [0, 0.1) is 0 Å². The van der Waals surface area contributed by atoms with Gasteiger partial charge in [-0.2, -0.15) is 0 Å². The number of nitrogens with zero attached hydrogens (tertiary/aromatic N) is 1. The Labute approximate surface area is 140 Å². The van der Waals surface area contributed by atoms with Gasteiger partial charge in [0.15, 0.2) is 0 Å². The maximum Gasteiger partial charge on any atom is 0.253 e. The van der Waals surface area contributed by atoms with E-state index in [9.17, 15) is 14.4 Å². The van der Waals surface area contributed by atoms with Crippen molar-refractivity contribution in [3.63, 3.8) is 0 Å². The van der Waals surface area contributed by atoms with E-state index in [-0.39, 0.29) is 18.4 Å². The molecule has 0 spiro atoms. The number of benzene rings is 1. The molecule has 1 aliphatic heterocycles. The number of hydrogen-bond acceptors (Lipinski definition) is 3. The lowest BCUT2D eigenvalue weighted by Crippen LogP contribution is -2.38. The number of halogens is 1. The number of hydrogen-bond donors (Lipinski definition) is 2. The van der Waals surface area contributed by atoms with Crippen molar-refractivity contribution in [1.82, 2.24) is 10.6 Å². The first-order chi connectivity index (χ1) is 11.0. The van der Waals surface area contributed by atoms with E-state index in [0.29, 0.717) is 35.8 Å². The second kappa shape index (κ2) is 7.97. The van der Waals surface area contributed by atoms with Gasteiger partial charge in [-0.1, -0.05) is 18.5 Å². The van der Waals surface area contributed by atoms with Gasteiger partial charge in [0.2, 0.25) is 11.8 Å². The molecule has 0 atom stereocenters. The summed E-state index contributed by atoms with van der Waals surface area (Å²) >= 11 is 6.00. The van der Waals surface area contributed by atoms with Crippen LogP contribution < -0.4 is 15.5 Å². The van der Waals surface area contributed by atoms with Crippen molar-refractivity contribution in [3.05, 3.63) is 28.8 Å². The van der Waals surface area contributed by atoms with E-state index in [1.54, 1.807) is 23.1 Å². The largest absolute Gasteiger partial charge is 0.355 e. The molecule has 1 aromatic rings. The molecule has 0 aromatic heterocycles. The third-order valence-corrected chi connectivity index (χ3v) is 3.79. The standard InChI is InChI=1S/C16H20ClN3O3/c1-2-7-18-14(21)10-19-16(23)12-6-5-11(17)9-13(12)20-8-3-4-15(20)22/h5-6,9H,2-4,7-8,10H2,1H3,(H,18,21)(H,19,23). The number of rotatable bonds is 6. The van der Waals surface area contributed by atoms with Crippen LogP contribution in [0.2, 0.25) is 5.02 Å². The number of carbonyl (C=O) groups excluding carboxylic acids is 3. The highest BCUT2D eigenvalue weighted by Gasteiger charge is 2.26. The van der Waals surface area contributed by atoms with Gasteiger partial charge in [0.05, 0.1) is 17.8 Å². The van der Waals surface area contributed by atoms with Gasteiger partial charge in [-0.15, -0.1) is 0 Å². The molecule has 1 aliphatic rings. The highest BCUT2D eigenvalue weighted by molar-refractivity contribution is 6.31. The second-order valence-electron chi connectivity index (χ2n) is 5.34. The molecule has 0 radical (unpaired) electrons. The lowest BCUT2D eigenvalue weighted by molar-refractivity contribution is -0.120. The summed E-state index contributed by atoms with van der Waals surface area (Å²) in [5, 5.41) is 5.72. The molecule has 0 aliphatic carbocycles. The van der Waals surface area contributed by atoms with Crippen molar-refractivity contribution >= 4 is 35.0 Å². The van der Waals surface area contributed by atoms with E-state index < -0.39 is 5.91 Å². The lowest BCUT2D eigenvalue weighted by atomic mass is 10.1. The molecule has 3 amide bonds. The SMILES string of the molecule is CCCNC(=O)CNC(=O)c1ccc(Cl)cc1N1CCCC1=O. The summed E-state index contributed by atoms with van der Waals surface area (Å²) in [5.74, 6) is -0.669. The summed E-state index contributed by atoms with van der Waals surface area (Å²) in [5.41, 5.74) is 0.833. The minimum Gasteiger partial charge on any atom is -0.355 e. The number of amides is 3. The molecule has 2 rings (SSSR count). The minimum atomic E-state index is -0.400. The van der Waals surface area contributed by atoms with Crippen LogP contribution >= 0.6 is 11.6 Å². The second-order valence-corrected chi connectivity index (χ2v) is 5.78. The average molecular weight is 338 g/mol. The molecule has 1 heterocycles. The fourth-order valence-corrected chi connectivity index (χ4v) is 2.57. The zero-order chi connectivity index (χ0) is 16.8. The monoisotopic (exact) mass is 337 g/mol. The lowest BCUT2D eigenvalue weighted by Gasteiger charge is -2.19. The van der Waals surface area contributed by atoms with Gasteiger partial charge >= 0.3 is 0 Å². The van der Waals surface area contributed by atoms with Crippen molar-refractivity contribution in [2.24, 2.45) is 0 Å². The van der Waals surface area contributed by atoms with E-state index >= 15 is 0 Å². The molecule has 7 heteroatoms. The smallest absolute Gasteiger partial charge is 0.253 e. The zero-order valence-corrected chi connectivity index (χ0v) is 13.8. The predicted molar refractivity (Wildman–Crippen MR) is 88.7 cm³/mol. The number of anilines is 1. The van der Waals surface area contributed by atoms with E-state index in [1.807, 2.05) is 6.92 Å². The first-order valence-corrected chi connectivity index (χ1v) is 8.05. The molecule has 0 bridgehead atoms. The highest BCUT2D eigenvalue weighted by atomic mass is 35.5. The molecule has 0 saturated carbocycles. The Morgan fingerprint density at radius 3 is 2.74 bits per heavy atom. The van der Waals surface area contributed by atoms with Crippen LogP contribution in [-0.2, 0) is 9.59 Å². The van der Waals surface area contributed by atoms with Crippen LogP contribution in [0.4, 0.5) is 5.69 Å². The molecule has 0 unspecified atom stereocenters. The normalized spacial score (nSPS) is 14.0. The predicted octanol–water partition coefficient (Wildman–Crippen LogP) is 1.72. The van der Waals surface area contributed by atoms with E-state index in [1.165, 1.54) is 0 Å². The van der Waals surface area contributed by atoms with Crippen LogP contribution in [0.1, 0.15) is 36.5 Å². The van der Waals surface area contributed by atoms with Crippen LogP contribution in [0.25, 0.3) is 0 Å². The molecule has 1 aromatic carbocycles. The summed E-state index contributed by atoms with van der Waals surface area (Å²) < 4.78 is 0. The fraction of sp³-hybridized carbons (Fsp3) is 0.438. The van der Waals surface area contributed by atoms with Gasteiger partial charge in [0.25, 0.3) is 5.91 Å². The minimum absolute atomic E-state index is 0.0259. The molecule has 1 saturated heterocycles. The summed E-state index contributed by atoms with van der Waals surface area (Å²) in [4.78, 5) is 37.4. The van der Waals surface area contributed by atoms with Gasteiger partial charge in [-0.05, 0) is 31.0 Å². The molecule has 6 nitrogen and oxygen atoms in total. The van der Waals surface area contributed by atoms with Crippen LogP contribution in [0.3, 0.4) is 0 Å². The molecule has 2 N–H and O–H groups in total. The van der Waals surface area contributed by atoms with Crippen molar-refractivity contribution in [2.75, 3.05) is 24.5 Å². The van der Waals surface area contributed by atoms with Crippen molar-refractivity contribution in [2.45, 2.75) is 26.2 Å². The van der Waals surface area contributed by atoms with Crippen LogP contribution in [0.15, 0.2) is 18.2 Å². The van der Waals surface area contributed by atoms with Gasteiger partial charge in [0.1, 0.15) is 0 Å². The van der Waals surface area contributed by atoms with Gasteiger partial charge in [0, 0.05) is 24.5 Å². The third-order valence-electron chi connectivity index (χ3n) is 3.55. The summed E-state index contributed by atoms with van der Waals surface area (Å²) in [6.07, 6.45) is 2.05. The van der Waals surface area contributed by atoms with Crippen LogP contribution in [0.5, 0.6) is 0 Å². The Morgan fingerprint density at radius 1 is 1.30 bits per heavy atom. The molecule has 23 heavy (non-hydrogen) atoms. The van der Waals surface area contributed by atoms with Crippen molar-refractivity contribution in [1.29, 1.82) is 0 Å². The summed E-state index contributed by atoms with van der Waals surface area (Å²) in [6.45, 7) is 2.99. The highest BCUT2D eigenvalue weighted by Crippen LogP contribution is 2.28. The number of nitrogens with one attached hydrogen (secondary N) is 2. The van der Waals surface area contributed by atoms with Crippen molar-refractivity contribution in [3.8, 4) is 0 Å². The maximum atomic E-state index is 12.3. The van der Waals surface area contributed by atoms with Gasteiger partial charge in [-0.25, -0.2) is 0 Å². The van der Waals surface area contributed by atoms with E-state index in [4.69, 9.17) is 11.6 Å². The Kier molecular flexibility index (Phi) is 5.98. The molecule has 124 valence electrons. The first kappa shape index (κ1) is 17.3. The Bertz CT molecular complexity index is 619. The van der Waals surface area contributed by atoms with Crippen LogP contribution in [-0.4, -0.2) is 37.4 Å². The Balaban J connectivity index is 2.10. The first-order valence-electron chi connectivity index (χ1n) is 7.67. The Hall–Kier alpha value is -2.08. The van der Waals surface area contributed by atoms with Crippen molar-refractivity contribution < 1.29 is 14.4 Å². The summed E-state index contributed by atoms with van der Waals surface area (Å²) in [6, 6.07) is 4.77. The molecular formula is C16H20ClN3O3.